The minimum Gasteiger partial charge on any atom is -0.461 e. The fourth-order valence-corrected chi connectivity index (χ4v) is 1.87. The van der Waals surface area contributed by atoms with Gasteiger partial charge in [0, 0.05) is 17.6 Å². The lowest BCUT2D eigenvalue weighted by atomic mass is 10.4. The summed E-state index contributed by atoms with van der Waals surface area (Å²) < 4.78 is 6.15. The SMILES string of the molecule is CCOC(=O)c1cc(=O)n2ccsc2n1. The second-order valence-corrected chi connectivity index (χ2v) is 3.63. The lowest BCUT2D eigenvalue weighted by Crippen LogP contribution is -2.17. The Bertz CT molecular complexity index is 558. The first-order chi connectivity index (χ1) is 7.22. The first kappa shape index (κ1) is 9.85. The molecule has 0 radical (unpaired) electrons. The molecule has 0 aliphatic rings. The molecule has 0 amide bonds. The van der Waals surface area contributed by atoms with E-state index in [0.29, 0.717) is 4.96 Å². The van der Waals surface area contributed by atoms with Crippen LogP contribution in [0.25, 0.3) is 4.96 Å². The molecule has 2 heterocycles. The number of fused-ring (bicyclic) bond motifs is 1. The molecule has 0 fully saturated rings. The molecular weight excluding hydrogens is 216 g/mol. The molecule has 0 aliphatic carbocycles. The standard InChI is InChI=1S/C9H8N2O3S/c1-2-14-8(13)6-5-7(12)11-3-4-15-9(11)10-6/h3-5H,2H2,1H3. The Balaban J connectivity index is 2.54. The molecule has 0 saturated heterocycles. The van der Waals surface area contributed by atoms with Crippen LogP contribution in [0.3, 0.4) is 0 Å². The number of esters is 1. The molecule has 2 aromatic rings. The van der Waals surface area contributed by atoms with Crippen LogP contribution in [-0.2, 0) is 4.74 Å². The molecule has 15 heavy (non-hydrogen) atoms. The highest BCUT2D eigenvalue weighted by molar-refractivity contribution is 7.15. The lowest BCUT2D eigenvalue weighted by Gasteiger charge is -2.00. The van der Waals surface area contributed by atoms with Gasteiger partial charge in [-0.15, -0.1) is 11.3 Å². The molecule has 0 saturated carbocycles. The van der Waals surface area contributed by atoms with E-state index in [1.165, 1.54) is 21.8 Å². The third kappa shape index (κ3) is 1.75. The quantitative estimate of drug-likeness (QED) is 0.712. The number of rotatable bonds is 2. The summed E-state index contributed by atoms with van der Waals surface area (Å²) in [5.74, 6) is -0.564. The van der Waals surface area contributed by atoms with E-state index < -0.39 is 5.97 Å². The van der Waals surface area contributed by atoms with Crippen molar-refractivity contribution in [2.24, 2.45) is 0 Å². The van der Waals surface area contributed by atoms with Crippen LogP contribution >= 0.6 is 11.3 Å². The van der Waals surface area contributed by atoms with Gasteiger partial charge in [0.05, 0.1) is 6.61 Å². The molecule has 0 unspecified atom stereocenters. The van der Waals surface area contributed by atoms with Gasteiger partial charge in [-0.1, -0.05) is 0 Å². The predicted molar refractivity (Wildman–Crippen MR) is 55.3 cm³/mol. The van der Waals surface area contributed by atoms with Gasteiger partial charge < -0.3 is 4.74 Å². The number of thiazole rings is 1. The molecular formula is C9H8N2O3S. The fourth-order valence-electron chi connectivity index (χ4n) is 1.15. The smallest absolute Gasteiger partial charge is 0.357 e. The van der Waals surface area contributed by atoms with Crippen LogP contribution in [0.1, 0.15) is 17.4 Å². The van der Waals surface area contributed by atoms with Crippen molar-refractivity contribution in [1.29, 1.82) is 0 Å². The maximum Gasteiger partial charge on any atom is 0.357 e. The van der Waals surface area contributed by atoms with Crippen LogP contribution in [0.4, 0.5) is 0 Å². The second-order valence-electron chi connectivity index (χ2n) is 2.76. The maximum absolute atomic E-state index is 11.5. The van der Waals surface area contributed by atoms with E-state index in [9.17, 15) is 9.59 Å². The second kappa shape index (κ2) is 3.82. The Hall–Kier alpha value is -1.69. The molecule has 6 heteroatoms. The highest BCUT2D eigenvalue weighted by Crippen LogP contribution is 2.07. The summed E-state index contributed by atoms with van der Waals surface area (Å²) in [7, 11) is 0. The minimum absolute atomic E-state index is 0.0595. The van der Waals surface area contributed by atoms with Crippen molar-refractivity contribution < 1.29 is 9.53 Å². The monoisotopic (exact) mass is 224 g/mol. The van der Waals surface area contributed by atoms with Crippen molar-refractivity contribution in [2.75, 3.05) is 6.61 Å². The first-order valence-electron chi connectivity index (χ1n) is 4.36. The van der Waals surface area contributed by atoms with E-state index in [4.69, 9.17) is 4.74 Å². The van der Waals surface area contributed by atoms with Gasteiger partial charge in [0.1, 0.15) is 0 Å². The van der Waals surface area contributed by atoms with E-state index in [1.54, 1.807) is 18.5 Å². The van der Waals surface area contributed by atoms with Crippen LogP contribution in [-0.4, -0.2) is 22.0 Å². The zero-order valence-corrected chi connectivity index (χ0v) is 8.78. The molecule has 0 aromatic carbocycles. The van der Waals surface area contributed by atoms with Crippen molar-refractivity contribution in [2.45, 2.75) is 6.92 Å². The van der Waals surface area contributed by atoms with Gasteiger partial charge in [0.2, 0.25) is 0 Å². The van der Waals surface area contributed by atoms with Crippen molar-refractivity contribution in [3.63, 3.8) is 0 Å². The normalized spacial score (nSPS) is 10.5. The molecule has 5 nitrogen and oxygen atoms in total. The van der Waals surface area contributed by atoms with E-state index in [1.807, 2.05) is 0 Å². The number of nitrogens with zero attached hydrogens (tertiary/aromatic N) is 2. The summed E-state index contributed by atoms with van der Waals surface area (Å²) in [6.45, 7) is 1.97. The maximum atomic E-state index is 11.5. The molecule has 2 rings (SSSR count). The number of ether oxygens (including phenoxy) is 1. The molecule has 78 valence electrons. The highest BCUT2D eigenvalue weighted by Gasteiger charge is 2.11. The van der Waals surface area contributed by atoms with Crippen LogP contribution in [0.15, 0.2) is 22.4 Å². The van der Waals surface area contributed by atoms with E-state index in [-0.39, 0.29) is 17.9 Å². The summed E-state index contributed by atoms with van der Waals surface area (Å²) in [4.78, 5) is 27.3. The molecule has 0 spiro atoms. The van der Waals surface area contributed by atoms with Gasteiger partial charge in [-0.2, -0.15) is 0 Å². The number of carbonyl (C=O) groups excluding carboxylic acids is 1. The predicted octanol–water partition coefficient (Wildman–Crippen LogP) is 0.933. The summed E-state index contributed by atoms with van der Waals surface area (Å²) in [6.07, 6.45) is 1.62. The third-order valence-electron chi connectivity index (χ3n) is 1.79. The molecule has 0 bridgehead atoms. The first-order valence-corrected chi connectivity index (χ1v) is 5.24. The van der Waals surface area contributed by atoms with Gasteiger partial charge in [0.15, 0.2) is 10.7 Å². The average molecular weight is 224 g/mol. The van der Waals surface area contributed by atoms with Crippen molar-refractivity contribution >= 4 is 22.3 Å². The summed E-state index contributed by atoms with van der Waals surface area (Å²) in [5, 5.41) is 1.73. The Morgan fingerprint density at radius 3 is 3.20 bits per heavy atom. The average Bonchev–Trinajstić information content (AvgIpc) is 2.66. The molecule has 2 aromatic heterocycles. The Labute approximate surface area is 89.0 Å². The van der Waals surface area contributed by atoms with Gasteiger partial charge in [-0.25, -0.2) is 9.78 Å². The number of aromatic nitrogens is 2. The summed E-state index contributed by atoms with van der Waals surface area (Å²) in [5.41, 5.74) is -0.214. The van der Waals surface area contributed by atoms with Crippen molar-refractivity contribution in [3.05, 3.63) is 33.7 Å². The fraction of sp³-hybridized carbons (Fsp3) is 0.222. The number of hydrogen-bond acceptors (Lipinski definition) is 5. The van der Waals surface area contributed by atoms with Gasteiger partial charge in [0.25, 0.3) is 5.56 Å². The zero-order chi connectivity index (χ0) is 10.8. The van der Waals surface area contributed by atoms with Crippen LogP contribution in [0, 0.1) is 0 Å². The number of hydrogen-bond donors (Lipinski definition) is 0. The van der Waals surface area contributed by atoms with Gasteiger partial charge >= 0.3 is 5.97 Å². The third-order valence-corrected chi connectivity index (χ3v) is 2.54. The van der Waals surface area contributed by atoms with Gasteiger partial charge in [-0.3, -0.25) is 9.20 Å². The summed E-state index contributed by atoms with van der Waals surface area (Å²) in [6, 6.07) is 1.18. The Morgan fingerprint density at radius 1 is 1.67 bits per heavy atom. The topological polar surface area (TPSA) is 60.7 Å². The molecule has 0 atom stereocenters. The van der Waals surface area contributed by atoms with Crippen LogP contribution in [0.2, 0.25) is 0 Å². The van der Waals surface area contributed by atoms with E-state index >= 15 is 0 Å². The molecule has 0 N–H and O–H groups in total. The van der Waals surface area contributed by atoms with Crippen molar-refractivity contribution in [1.82, 2.24) is 9.38 Å². The number of carbonyl (C=O) groups is 1. The largest absolute Gasteiger partial charge is 0.461 e. The molecule has 0 aliphatic heterocycles. The van der Waals surface area contributed by atoms with Crippen LogP contribution in [0.5, 0.6) is 0 Å². The zero-order valence-electron chi connectivity index (χ0n) is 7.97. The summed E-state index contributed by atoms with van der Waals surface area (Å²) >= 11 is 1.30. The Morgan fingerprint density at radius 2 is 2.47 bits per heavy atom. The van der Waals surface area contributed by atoms with Crippen molar-refractivity contribution in [3.8, 4) is 0 Å². The lowest BCUT2D eigenvalue weighted by molar-refractivity contribution is 0.0519. The Kier molecular flexibility index (Phi) is 2.51. The highest BCUT2D eigenvalue weighted by atomic mass is 32.1. The van der Waals surface area contributed by atoms with E-state index in [0.717, 1.165) is 0 Å². The van der Waals surface area contributed by atoms with Crippen LogP contribution < -0.4 is 5.56 Å². The van der Waals surface area contributed by atoms with E-state index in [2.05, 4.69) is 4.98 Å². The van der Waals surface area contributed by atoms with Gasteiger partial charge in [-0.05, 0) is 6.92 Å². The minimum atomic E-state index is -0.564.